The van der Waals surface area contributed by atoms with Crippen LogP contribution in [0.25, 0.3) is 0 Å². The van der Waals surface area contributed by atoms with Gasteiger partial charge >= 0.3 is 0 Å². The van der Waals surface area contributed by atoms with Crippen molar-refractivity contribution >= 4 is 17.4 Å². The summed E-state index contributed by atoms with van der Waals surface area (Å²) >= 11 is 1.64. The number of thioether (sulfide) groups is 1. The number of ether oxygens (including phenoxy) is 1. The number of nitrogens with one attached hydrogen (secondary N) is 1. The number of benzene rings is 2. The van der Waals surface area contributed by atoms with Crippen LogP contribution in [0.15, 0.2) is 71.9 Å². The van der Waals surface area contributed by atoms with Crippen molar-refractivity contribution in [2.75, 3.05) is 5.32 Å². The first-order chi connectivity index (χ1) is 12.3. The number of rotatable bonds is 5. The number of hydrogen-bond acceptors (Lipinski definition) is 5. The van der Waals surface area contributed by atoms with Crippen LogP contribution in [0.5, 0.6) is 11.5 Å². The van der Waals surface area contributed by atoms with Gasteiger partial charge in [-0.2, -0.15) is 0 Å². The van der Waals surface area contributed by atoms with E-state index in [1.165, 1.54) is 17.3 Å². The van der Waals surface area contributed by atoms with Gasteiger partial charge in [0, 0.05) is 18.2 Å². The Hall–Kier alpha value is -2.66. The highest BCUT2D eigenvalue weighted by molar-refractivity contribution is 7.98. The van der Waals surface area contributed by atoms with Gasteiger partial charge in [0.1, 0.15) is 16.5 Å². The van der Waals surface area contributed by atoms with Gasteiger partial charge < -0.3 is 15.2 Å². The molecule has 0 amide bonds. The lowest BCUT2D eigenvalue weighted by molar-refractivity contribution is 0.263. The molecule has 0 saturated heterocycles. The fourth-order valence-corrected chi connectivity index (χ4v) is 3.72. The summed E-state index contributed by atoms with van der Waals surface area (Å²) in [6.07, 6.45) is 2.11. The third-order valence-corrected chi connectivity index (χ3v) is 5.10. The first kappa shape index (κ1) is 15.8. The molecule has 2 aromatic carbocycles. The minimum Gasteiger partial charge on any atom is -0.506 e. The largest absolute Gasteiger partial charge is 0.506 e. The molecular formula is C20H18N2O2S. The first-order valence-corrected chi connectivity index (χ1v) is 9.13. The molecule has 5 heteroatoms. The molecule has 1 aliphatic rings. The number of anilines is 1. The third-order valence-electron chi connectivity index (χ3n) is 4.02. The van der Waals surface area contributed by atoms with Crippen LogP contribution in [-0.4, -0.2) is 16.3 Å². The molecule has 25 heavy (non-hydrogen) atoms. The van der Waals surface area contributed by atoms with E-state index < -0.39 is 0 Å². The van der Waals surface area contributed by atoms with Crippen molar-refractivity contribution in [3.05, 3.63) is 78.0 Å². The Balaban J connectivity index is 1.48. The summed E-state index contributed by atoms with van der Waals surface area (Å²) in [5.41, 5.74) is 3.21. The van der Waals surface area contributed by atoms with Crippen molar-refractivity contribution < 1.29 is 9.84 Å². The predicted octanol–water partition coefficient (Wildman–Crippen LogP) is 4.45. The van der Waals surface area contributed by atoms with Gasteiger partial charge in [0.25, 0.3) is 0 Å². The first-order valence-electron chi connectivity index (χ1n) is 8.15. The van der Waals surface area contributed by atoms with E-state index >= 15 is 0 Å². The molecule has 0 aliphatic carbocycles. The molecular weight excluding hydrogens is 332 g/mol. The summed E-state index contributed by atoms with van der Waals surface area (Å²) in [5, 5.41) is 14.0. The van der Waals surface area contributed by atoms with E-state index in [0.717, 1.165) is 28.6 Å². The summed E-state index contributed by atoms with van der Waals surface area (Å²) in [7, 11) is 0. The zero-order valence-corrected chi connectivity index (χ0v) is 14.4. The van der Waals surface area contributed by atoms with Crippen LogP contribution in [0.1, 0.15) is 11.1 Å². The summed E-state index contributed by atoms with van der Waals surface area (Å²) < 4.78 is 5.94. The zero-order valence-electron chi connectivity index (χ0n) is 13.6. The Morgan fingerprint density at radius 3 is 2.76 bits per heavy atom. The lowest BCUT2D eigenvalue weighted by Gasteiger charge is -2.17. The molecule has 4 nitrogen and oxygen atoms in total. The van der Waals surface area contributed by atoms with Crippen LogP contribution in [-0.2, 0) is 12.2 Å². The Labute approximate surface area is 150 Å². The standard InChI is InChI=1S/C20H18N2O2S/c23-16-11-17(22-19-10-15-8-4-5-9-18(15)24-19)20(21-12-16)25-13-14-6-2-1-3-7-14/h1-9,11-12,19,22-23H,10,13H2. The smallest absolute Gasteiger partial charge is 0.174 e. The second kappa shape index (κ2) is 7.07. The van der Waals surface area contributed by atoms with Crippen molar-refractivity contribution in [1.29, 1.82) is 0 Å². The van der Waals surface area contributed by atoms with Crippen molar-refractivity contribution in [2.24, 2.45) is 0 Å². The maximum absolute atomic E-state index is 9.82. The van der Waals surface area contributed by atoms with E-state index in [1.54, 1.807) is 17.8 Å². The van der Waals surface area contributed by atoms with E-state index in [2.05, 4.69) is 28.5 Å². The molecule has 0 spiro atoms. The minimum atomic E-state index is -0.155. The van der Waals surface area contributed by atoms with Gasteiger partial charge in [-0.3, -0.25) is 0 Å². The molecule has 1 atom stereocenters. The number of fused-ring (bicyclic) bond motifs is 1. The number of nitrogens with zero attached hydrogens (tertiary/aromatic N) is 1. The van der Waals surface area contributed by atoms with Gasteiger partial charge in [-0.25, -0.2) is 4.98 Å². The van der Waals surface area contributed by atoms with E-state index in [-0.39, 0.29) is 12.0 Å². The number of hydrogen-bond donors (Lipinski definition) is 2. The summed E-state index contributed by atoms with van der Waals surface area (Å²) in [4.78, 5) is 4.38. The third kappa shape index (κ3) is 3.72. The maximum atomic E-state index is 9.82. The fourth-order valence-electron chi connectivity index (χ4n) is 2.82. The van der Waals surface area contributed by atoms with Crippen molar-refractivity contribution in [3.8, 4) is 11.5 Å². The number of aromatic nitrogens is 1. The summed E-state index contributed by atoms with van der Waals surface area (Å²) in [6.45, 7) is 0. The molecule has 2 N–H and O–H groups in total. The fraction of sp³-hybridized carbons (Fsp3) is 0.150. The monoisotopic (exact) mass is 350 g/mol. The Morgan fingerprint density at radius 1 is 1.12 bits per heavy atom. The second-order valence-electron chi connectivity index (χ2n) is 5.88. The molecule has 126 valence electrons. The average molecular weight is 350 g/mol. The Bertz CT molecular complexity index is 846. The molecule has 0 radical (unpaired) electrons. The van der Waals surface area contributed by atoms with Crippen LogP contribution in [0.4, 0.5) is 5.69 Å². The predicted molar refractivity (Wildman–Crippen MR) is 100 cm³/mol. The van der Waals surface area contributed by atoms with Crippen LogP contribution in [0, 0.1) is 0 Å². The van der Waals surface area contributed by atoms with E-state index in [0.29, 0.717) is 0 Å². The van der Waals surface area contributed by atoms with Crippen molar-refractivity contribution in [3.63, 3.8) is 0 Å². The van der Waals surface area contributed by atoms with Gasteiger partial charge in [-0.15, -0.1) is 0 Å². The Kier molecular flexibility index (Phi) is 4.48. The van der Waals surface area contributed by atoms with Gasteiger partial charge in [-0.05, 0) is 17.2 Å². The topological polar surface area (TPSA) is 54.4 Å². The number of pyridine rings is 1. The molecule has 0 bridgehead atoms. The van der Waals surface area contributed by atoms with Gasteiger partial charge in [-0.1, -0.05) is 60.3 Å². The molecule has 1 aliphatic heterocycles. The van der Waals surface area contributed by atoms with E-state index in [4.69, 9.17) is 4.74 Å². The highest BCUT2D eigenvalue weighted by Crippen LogP contribution is 2.34. The summed E-state index contributed by atoms with van der Waals surface area (Å²) in [6, 6.07) is 20.0. The van der Waals surface area contributed by atoms with Crippen LogP contribution in [0.2, 0.25) is 0 Å². The quantitative estimate of drug-likeness (QED) is 0.666. The lowest BCUT2D eigenvalue weighted by atomic mass is 10.1. The SMILES string of the molecule is Oc1cnc(SCc2ccccc2)c(NC2Cc3ccccc3O2)c1. The lowest BCUT2D eigenvalue weighted by Crippen LogP contribution is -2.24. The highest BCUT2D eigenvalue weighted by Gasteiger charge is 2.23. The van der Waals surface area contributed by atoms with Crippen LogP contribution < -0.4 is 10.1 Å². The van der Waals surface area contributed by atoms with Crippen molar-refractivity contribution in [1.82, 2.24) is 4.98 Å². The maximum Gasteiger partial charge on any atom is 0.174 e. The zero-order chi connectivity index (χ0) is 17.1. The minimum absolute atomic E-state index is 0.141. The average Bonchev–Trinajstić information content (AvgIpc) is 3.04. The van der Waals surface area contributed by atoms with Gasteiger partial charge in [0.05, 0.1) is 11.9 Å². The van der Waals surface area contributed by atoms with Crippen LogP contribution >= 0.6 is 11.8 Å². The number of para-hydroxylation sites is 1. The van der Waals surface area contributed by atoms with Gasteiger partial charge in [0.2, 0.25) is 0 Å². The molecule has 1 aromatic heterocycles. The number of aromatic hydroxyl groups is 1. The highest BCUT2D eigenvalue weighted by atomic mass is 32.2. The molecule has 0 fully saturated rings. The van der Waals surface area contributed by atoms with E-state index in [1.807, 2.05) is 36.4 Å². The molecule has 4 rings (SSSR count). The van der Waals surface area contributed by atoms with Gasteiger partial charge in [0.15, 0.2) is 6.23 Å². The second-order valence-corrected chi connectivity index (χ2v) is 6.85. The molecule has 0 saturated carbocycles. The van der Waals surface area contributed by atoms with Crippen molar-refractivity contribution in [2.45, 2.75) is 23.4 Å². The summed E-state index contributed by atoms with van der Waals surface area (Å²) in [5.74, 6) is 1.87. The molecule has 2 heterocycles. The normalized spacial score (nSPS) is 15.4. The Morgan fingerprint density at radius 2 is 1.92 bits per heavy atom. The van der Waals surface area contributed by atoms with E-state index in [9.17, 15) is 5.11 Å². The molecule has 3 aromatic rings. The van der Waals surface area contributed by atoms with Crippen LogP contribution in [0.3, 0.4) is 0 Å². The molecule has 1 unspecified atom stereocenters.